The molecule has 108 valence electrons. The summed E-state index contributed by atoms with van der Waals surface area (Å²) in [7, 11) is 3.51. The van der Waals surface area contributed by atoms with Gasteiger partial charge in [0, 0.05) is 20.2 Å². The number of aliphatic hydroxyl groups excluding tert-OH is 1. The van der Waals surface area contributed by atoms with Gasteiger partial charge in [-0.05, 0) is 37.7 Å². The maximum atomic E-state index is 12.7. The minimum Gasteiger partial charge on any atom is -0.494 e. The highest BCUT2D eigenvalue weighted by Crippen LogP contribution is 2.11. The minimum absolute atomic E-state index is 0.265. The Kier molecular flexibility index (Phi) is 7.40. The van der Waals surface area contributed by atoms with Crippen molar-refractivity contribution < 1.29 is 19.0 Å². The summed E-state index contributed by atoms with van der Waals surface area (Å²) < 4.78 is 23.0. The molecule has 0 radical (unpaired) electrons. The lowest BCUT2D eigenvalue weighted by molar-refractivity contribution is 0.0424. The Morgan fingerprint density at radius 1 is 1.32 bits per heavy atom. The second-order valence-corrected chi connectivity index (χ2v) is 4.53. The van der Waals surface area contributed by atoms with Crippen LogP contribution in [0.2, 0.25) is 0 Å². The number of benzene rings is 1. The highest BCUT2D eigenvalue weighted by Gasteiger charge is 2.07. The number of rotatable bonds is 9. The number of hydrogen-bond acceptors (Lipinski definition) is 4. The van der Waals surface area contributed by atoms with Crippen LogP contribution in [-0.2, 0) is 4.74 Å². The third-order valence-electron chi connectivity index (χ3n) is 2.65. The van der Waals surface area contributed by atoms with Crippen LogP contribution >= 0.6 is 0 Å². The van der Waals surface area contributed by atoms with Gasteiger partial charge >= 0.3 is 0 Å². The molecule has 19 heavy (non-hydrogen) atoms. The average Bonchev–Trinajstić information content (AvgIpc) is 2.37. The van der Waals surface area contributed by atoms with E-state index in [0.29, 0.717) is 25.5 Å². The Morgan fingerprint density at radius 3 is 2.63 bits per heavy atom. The first-order chi connectivity index (χ1) is 9.11. The average molecular weight is 271 g/mol. The van der Waals surface area contributed by atoms with E-state index < -0.39 is 6.10 Å². The molecule has 0 fully saturated rings. The predicted molar refractivity (Wildman–Crippen MR) is 71.9 cm³/mol. The highest BCUT2D eigenvalue weighted by atomic mass is 19.1. The monoisotopic (exact) mass is 271 g/mol. The third kappa shape index (κ3) is 7.10. The number of nitrogens with zero attached hydrogens (tertiary/aromatic N) is 1. The van der Waals surface area contributed by atoms with E-state index in [-0.39, 0.29) is 5.82 Å². The second kappa shape index (κ2) is 8.85. The summed E-state index contributed by atoms with van der Waals surface area (Å²) in [6.07, 6.45) is 0.376. The van der Waals surface area contributed by atoms with Gasteiger partial charge in [0.2, 0.25) is 0 Å². The Balaban J connectivity index is 2.11. The summed E-state index contributed by atoms with van der Waals surface area (Å²) in [5, 5.41) is 9.55. The zero-order chi connectivity index (χ0) is 14.1. The van der Waals surface area contributed by atoms with Crippen LogP contribution in [0.1, 0.15) is 6.42 Å². The van der Waals surface area contributed by atoms with Gasteiger partial charge in [0.1, 0.15) is 11.6 Å². The van der Waals surface area contributed by atoms with Crippen molar-refractivity contribution >= 4 is 0 Å². The lowest BCUT2D eigenvalue weighted by Crippen LogP contribution is -2.33. The Morgan fingerprint density at radius 2 is 2.00 bits per heavy atom. The van der Waals surface area contributed by atoms with Crippen LogP contribution in [-0.4, -0.2) is 56.6 Å². The van der Waals surface area contributed by atoms with Crippen LogP contribution in [0.5, 0.6) is 5.75 Å². The minimum atomic E-state index is -0.465. The molecule has 1 aromatic rings. The van der Waals surface area contributed by atoms with Crippen molar-refractivity contribution in [2.24, 2.45) is 0 Å². The molecule has 0 aliphatic rings. The van der Waals surface area contributed by atoms with Gasteiger partial charge in [-0.15, -0.1) is 0 Å². The van der Waals surface area contributed by atoms with E-state index in [2.05, 4.69) is 0 Å². The quantitative estimate of drug-likeness (QED) is 0.692. The van der Waals surface area contributed by atoms with Crippen molar-refractivity contribution in [2.45, 2.75) is 12.5 Å². The van der Waals surface area contributed by atoms with Crippen molar-refractivity contribution in [3.63, 3.8) is 0 Å². The molecule has 4 nitrogen and oxygen atoms in total. The van der Waals surface area contributed by atoms with Crippen molar-refractivity contribution in [3.8, 4) is 5.75 Å². The fraction of sp³-hybridized carbons (Fsp3) is 0.571. The predicted octanol–water partition coefficient (Wildman–Crippen LogP) is 1.53. The van der Waals surface area contributed by atoms with E-state index in [1.165, 1.54) is 12.1 Å². The van der Waals surface area contributed by atoms with E-state index in [1.807, 2.05) is 11.9 Å². The van der Waals surface area contributed by atoms with Gasteiger partial charge in [-0.2, -0.15) is 0 Å². The molecule has 0 heterocycles. The van der Waals surface area contributed by atoms with Gasteiger partial charge in [0.15, 0.2) is 0 Å². The Hall–Kier alpha value is -1.17. The normalized spacial score (nSPS) is 12.7. The third-order valence-corrected chi connectivity index (χ3v) is 2.65. The summed E-state index contributed by atoms with van der Waals surface area (Å²) in [6.45, 7) is 2.30. The van der Waals surface area contributed by atoms with Crippen LogP contribution in [0, 0.1) is 5.82 Å². The first kappa shape index (κ1) is 15.9. The van der Waals surface area contributed by atoms with E-state index in [4.69, 9.17) is 9.47 Å². The van der Waals surface area contributed by atoms with Gasteiger partial charge < -0.3 is 19.5 Å². The van der Waals surface area contributed by atoms with E-state index in [1.54, 1.807) is 19.2 Å². The molecule has 1 aromatic carbocycles. The standard InChI is InChI=1S/C14H22FNO3/c1-16(10-13(17)11-18-2)8-3-9-19-14-6-4-12(15)5-7-14/h4-7,13,17H,3,8-11H2,1-2H3. The molecule has 1 N–H and O–H groups in total. The molecule has 0 spiro atoms. The first-order valence-electron chi connectivity index (χ1n) is 6.35. The zero-order valence-electron chi connectivity index (χ0n) is 11.5. The van der Waals surface area contributed by atoms with Gasteiger partial charge in [0.25, 0.3) is 0 Å². The summed E-state index contributed by atoms with van der Waals surface area (Å²) in [5.74, 6) is 0.405. The van der Waals surface area contributed by atoms with Gasteiger partial charge in [0.05, 0.1) is 19.3 Å². The maximum absolute atomic E-state index is 12.7. The molecular weight excluding hydrogens is 249 g/mol. The number of ether oxygens (including phenoxy) is 2. The Bertz CT molecular complexity index is 345. The fourth-order valence-electron chi connectivity index (χ4n) is 1.75. The van der Waals surface area contributed by atoms with Crippen LogP contribution in [0.3, 0.4) is 0 Å². The maximum Gasteiger partial charge on any atom is 0.123 e. The second-order valence-electron chi connectivity index (χ2n) is 4.53. The number of hydrogen-bond donors (Lipinski definition) is 1. The van der Waals surface area contributed by atoms with Crippen LogP contribution in [0.25, 0.3) is 0 Å². The van der Waals surface area contributed by atoms with Crippen LogP contribution < -0.4 is 4.74 Å². The summed E-state index contributed by atoms with van der Waals surface area (Å²) in [6, 6.07) is 5.98. The number of aliphatic hydroxyl groups is 1. The summed E-state index contributed by atoms with van der Waals surface area (Å²) >= 11 is 0. The fourth-order valence-corrected chi connectivity index (χ4v) is 1.75. The number of likely N-dealkylation sites (N-methyl/N-ethyl adjacent to an activating group) is 1. The topological polar surface area (TPSA) is 41.9 Å². The SMILES string of the molecule is COCC(O)CN(C)CCCOc1ccc(F)cc1. The van der Waals surface area contributed by atoms with Crippen molar-refractivity contribution in [1.82, 2.24) is 4.90 Å². The molecule has 0 saturated carbocycles. The van der Waals surface area contributed by atoms with E-state index >= 15 is 0 Å². The Labute approximate surface area is 113 Å². The number of halogens is 1. The summed E-state index contributed by atoms with van der Waals surface area (Å²) in [4.78, 5) is 2.03. The molecule has 0 bridgehead atoms. The van der Waals surface area contributed by atoms with E-state index in [9.17, 15) is 9.50 Å². The summed E-state index contributed by atoms with van der Waals surface area (Å²) in [5.41, 5.74) is 0. The van der Waals surface area contributed by atoms with Crippen molar-refractivity contribution in [1.29, 1.82) is 0 Å². The van der Waals surface area contributed by atoms with Gasteiger partial charge in [-0.25, -0.2) is 4.39 Å². The molecule has 0 aliphatic heterocycles. The molecule has 0 saturated heterocycles. The van der Waals surface area contributed by atoms with Crippen molar-refractivity contribution in [2.75, 3.05) is 40.5 Å². The van der Waals surface area contributed by atoms with Crippen LogP contribution in [0.4, 0.5) is 4.39 Å². The first-order valence-corrected chi connectivity index (χ1v) is 6.35. The molecule has 0 aromatic heterocycles. The molecule has 0 amide bonds. The molecule has 1 atom stereocenters. The molecule has 1 rings (SSSR count). The molecule has 1 unspecified atom stereocenters. The lowest BCUT2D eigenvalue weighted by atomic mass is 10.3. The van der Waals surface area contributed by atoms with Crippen molar-refractivity contribution in [3.05, 3.63) is 30.1 Å². The number of methoxy groups -OCH3 is 1. The van der Waals surface area contributed by atoms with E-state index in [0.717, 1.165) is 13.0 Å². The molecule has 5 heteroatoms. The highest BCUT2D eigenvalue weighted by molar-refractivity contribution is 5.21. The van der Waals surface area contributed by atoms with Crippen LogP contribution in [0.15, 0.2) is 24.3 Å². The zero-order valence-corrected chi connectivity index (χ0v) is 11.5. The lowest BCUT2D eigenvalue weighted by Gasteiger charge is -2.20. The smallest absolute Gasteiger partial charge is 0.123 e. The largest absolute Gasteiger partial charge is 0.494 e. The van der Waals surface area contributed by atoms with Gasteiger partial charge in [-0.1, -0.05) is 0 Å². The molecule has 0 aliphatic carbocycles. The molecular formula is C14H22FNO3. The van der Waals surface area contributed by atoms with Gasteiger partial charge in [-0.3, -0.25) is 0 Å².